The second-order valence-electron chi connectivity index (χ2n) is 5.95. The summed E-state index contributed by atoms with van der Waals surface area (Å²) >= 11 is 0. The molecule has 1 unspecified atom stereocenters. The van der Waals surface area contributed by atoms with E-state index in [0.717, 1.165) is 6.07 Å². The van der Waals surface area contributed by atoms with Crippen molar-refractivity contribution in [3.05, 3.63) is 35.1 Å². The lowest BCUT2D eigenvalue weighted by molar-refractivity contribution is -0.138. The predicted molar refractivity (Wildman–Crippen MR) is 74.1 cm³/mol. The van der Waals surface area contributed by atoms with Crippen molar-refractivity contribution in [2.75, 3.05) is 0 Å². The summed E-state index contributed by atoms with van der Waals surface area (Å²) in [6.45, 7) is 7.25. The van der Waals surface area contributed by atoms with Crippen LogP contribution >= 0.6 is 0 Å². The third-order valence-corrected chi connectivity index (χ3v) is 3.17. The number of carbonyl (C=O) groups excluding carboxylic acids is 1. The van der Waals surface area contributed by atoms with Gasteiger partial charge in [0.1, 0.15) is 5.82 Å². The van der Waals surface area contributed by atoms with E-state index in [9.17, 15) is 14.0 Å². The summed E-state index contributed by atoms with van der Waals surface area (Å²) in [5.74, 6) is -1.93. The standard InChI is InChI=1S/C15H20FNO3/c1-9-5-6-10(16)7-11(9)14(20)17-12(8-13(18)19)15(2,3)4/h5-7,12H,8H2,1-4H3,(H,17,20)(H,18,19). The van der Waals surface area contributed by atoms with Crippen molar-refractivity contribution in [1.82, 2.24) is 5.32 Å². The maximum Gasteiger partial charge on any atom is 0.305 e. The molecule has 2 N–H and O–H groups in total. The molecule has 0 bridgehead atoms. The second-order valence-corrected chi connectivity index (χ2v) is 5.95. The van der Waals surface area contributed by atoms with E-state index in [0.29, 0.717) is 5.56 Å². The fourth-order valence-electron chi connectivity index (χ4n) is 1.82. The Hall–Kier alpha value is -1.91. The van der Waals surface area contributed by atoms with Gasteiger partial charge in [0.2, 0.25) is 0 Å². The van der Waals surface area contributed by atoms with Gasteiger partial charge in [0.25, 0.3) is 5.91 Å². The van der Waals surface area contributed by atoms with Crippen LogP contribution in [-0.2, 0) is 4.79 Å². The largest absolute Gasteiger partial charge is 0.481 e. The molecule has 4 nitrogen and oxygen atoms in total. The Labute approximate surface area is 118 Å². The highest BCUT2D eigenvalue weighted by atomic mass is 19.1. The molecule has 1 aromatic rings. The first-order valence-corrected chi connectivity index (χ1v) is 6.40. The second kappa shape index (κ2) is 6.03. The Morgan fingerprint density at radius 2 is 1.95 bits per heavy atom. The Bertz CT molecular complexity index is 520. The number of hydrogen-bond donors (Lipinski definition) is 2. The van der Waals surface area contributed by atoms with E-state index in [4.69, 9.17) is 5.11 Å². The molecule has 1 aromatic carbocycles. The zero-order chi connectivity index (χ0) is 15.5. The molecule has 1 amide bonds. The van der Waals surface area contributed by atoms with E-state index in [2.05, 4.69) is 5.32 Å². The average molecular weight is 281 g/mol. The Morgan fingerprint density at radius 3 is 2.45 bits per heavy atom. The van der Waals surface area contributed by atoms with E-state index in [1.165, 1.54) is 12.1 Å². The van der Waals surface area contributed by atoms with Crippen LogP contribution in [-0.4, -0.2) is 23.0 Å². The van der Waals surface area contributed by atoms with Crippen LogP contribution in [0.2, 0.25) is 0 Å². The fraction of sp³-hybridized carbons (Fsp3) is 0.467. The van der Waals surface area contributed by atoms with E-state index in [-0.39, 0.29) is 12.0 Å². The number of aryl methyl sites for hydroxylation is 1. The summed E-state index contributed by atoms with van der Waals surface area (Å²) in [5, 5.41) is 11.6. The van der Waals surface area contributed by atoms with Crippen LogP contribution < -0.4 is 5.32 Å². The summed E-state index contributed by atoms with van der Waals surface area (Å²) in [6.07, 6.45) is -0.177. The van der Waals surface area contributed by atoms with Crippen molar-refractivity contribution in [1.29, 1.82) is 0 Å². The average Bonchev–Trinajstić information content (AvgIpc) is 2.29. The maximum atomic E-state index is 13.2. The maximum absolute atomic E-state index is 13.2. The third-order valence-electron chi connectivity index (χ3n) is 3.17. The highest BCUT2D eigenvalue weighted by Crippen LogP contribution is 2.22. The zero-order valence-corrected chi connectivity index (χ0v) is 12.2. The Morgan fingerprint density at radius 1 is 1.35 bits per heavy atom. The van der Waals surface area contributed by atoms with Crippen LogP contribution in [0.4, 0.5) is 4.39 Å². The van der Waals surface area contributed by atoms with Crippen molar-refractivity contribution in [2.45, 2.75) is 40.2 Å². The number of aliphatic carboxylic acids is 1. The molecule has 0 fully saturated rings. The lowest BCUT2D eigenvalue weighted by Crippen LogP contribution is -2.45. The molecule has 0 aliphatic carbocycles. The SMILES string of the molecule is Cc1ccc(F)cc1C(=O)NC(CC(=O)O)C(C)(C)C. The minimum atomic E-state index is -0.985. The highest BCUT2D eigenvalue weighted by molar-refractivity contribution is 5.96. The molecule has 0 radical (unpaired) electrons. The molecule has 20 heavy (non-hydrogen) atoms. The first kappa shape index (κ1) is 16.1. The molecule has 0 aliphatic heterocycles. The van der Waals surface area contributed by atoms with Crippen LogP contribution in [0.5, 0.6) is 0 Å². The zero-order valence-electron chi connectivity index (χ0n) is 12.2. The first-order valence-electron chi connectivity index (χ1n) is 6.40. The highest BCUT2D eigenvalue weighted by Gasteiger charge is 2.29. The minimum Gasteiger partial charge on any atom is -0.481 e. The number of amides is 1. The molecule has 0 spiro atoms. The molecule has 0 aromatic heterocycles. The third kappa shape index (κ3) is 4.33. The van der Waals surface area contributed by atoms with E-state index in [1.54, 1.807) is 6.92 Å². The number of carboxylic acid groups (broad SMARTS) is 1. The lowest BCUT2D eigenvalue weighted by atomic mass is 9.84. The van der Waals surface area contributed by atoms with Crippen molar-refractivity contribution in [2.24, 2.45) is 5.41 Å². The molecular formula is C15H20FNO3. The van der Waals surface area contributed by atoms with Crippen LogP contribution in [0.3, 0.4) is 0 Å². The molecule has 0 saturated carbocycles. The van der Waals surface area contributed by atoms with Crippen molar-refractivity contribution in [3.63, 3.8) is 0 Å². The topological polar surface area (TPSA) is 66.4 Å². The van der Waals surface area contributed by atoms with Crippen LogP contribution in [0.25, 0.3) is 0 Å². The number of carbonyl (C=O) groups is 2. The summed E-state index contributed by atoms with van der Waals surface area (Å²) in [5.41, 5.74) is 0.464. The number of carboxylic acids is 1. The lowest BCUT2D eigenvalue weighted by Gasteiger charge is -2.30. The number of rotatable bonds is 4. The van der Waals surface area contributed by atoms with Gasteiger partial charge in [-0.05, 0) is 30.0 Å². The van der Waals surface area contributed by atoms with Crippen LogP contribution in [0, 0.1) is 18.2 Å². The smallest absolute Gasteiger partial charge is 0.305 e. The Balaban J connectivity index is 2.96. The minimum absolute atomic E-state index is 0.177. The molecule has 110 valence electrons. The number of halogens is 1. The van der Waals surface area contributed by atoms with E-state index >= 15 is 0 Å². The van der Waals surface area contributed by atoms with Gasteiger partial charge in [0, 0.05) is 11.6 Å². The van der Waals surface area contributed by atoms with Crippen molar-refractivity contribution in [3.8, 4) is 0 Å². The molecule has 5 heteroatoms. The number of hydrogen-bond acceptors (Lipinski definition) is 2. The van der Waals surface area contributed by atoms with E-state index < -0.39 is 29.2 Å². The van der Waals surface area contributed by atoms with Gasteiger partial charge in [-0.15, -0.1) is 0 Å². The molecule has 0 aliphatic rings. The van der Waals surface area contributed by atoms with Gasteiger partial charge in [-0.3, -0.25) is 9.59 Å². The number of benzene rings is 1. The van der Waals surface area contributed by atoms with Gasteiger partial charge in [-0.25, -0.2) is 4.39 Å². The van der Waals surface area contributed by atoms with Gasteiger partial charge >= 0.3 is 5.97 Å². The molecule has 1 rings (SSSR count). The Kier molecular flexibility index (Phi) is 4.87. The van der Waals surface area contributed by atoms with Crippen LogP contribution in [0.1, 0.15) is 43.1 Å². The summed E-state index contributed by atoms with van der Waals surface area (Å²) < 4.78 is 13.2. The quantitative estimate of drug-likeness (QED) is 0.891. The summed E-state index contributed by atoms with van der Waals surface area (Å²) in [6, 6.07) is 3.43. The summed E-state index contributed by atoms with van der Waals surface area (Å²) in [4.78, 5) is 23.1. The van der Waals surface area contributed by atoms with Crippen LogP contribution in [0.15, 0.2) is 18.2 Å². The van der Waals surface area contributed by atoms with Crippen molar-refractivity contribution >= 4 is 11.9 Å². The molecule has 0 heterocycles. The first-order chi connectivity index (χ1) is 9.11. The van der Waals surface area contributed by atoms with Gasteiger partial charge in [-0.2, -0.15) is 0 Å². The summed E-state index contributed by atoms with van der Waals surface area (Å²) in [7, 11) is 0. The molecular weight excluding hydrogens is 261 g/mol. The predicted octanol–water partition coefficient (Wildman–Crippen LogP) is 2.75. The van der Waals surface area contributed by atoms with Gasteiger partial charge in [0.15, 0.2) is 0 Å². The number of nitrogens with one attached hydrogen (secondary N) is 1. The van der Waals surface area contributed by atoms with Gasteiger partial charge in [0.05, 0.1) is 6.42 Å². The fourth-order valence-corrected chi connectivity index (χ4v) is 1.82. The van der Waals surface area contributed by atoms with Crippen molar-refractivity contribution < 1.29 is 19.1 Å². The molecule has 1 atom stereocenters. The van der Waals surface area contributed by atoms with Gasteiger partial charge in [-0.1, -0.05) is 26.8 Å². The van der Waals surface area contributed by atoms with E-state index in [1.807, 2.05) is 20.8 Å². The molecule has 0 saturated heterocycles. The van der Waals surface area contributed by atoms with Gasteiger partial charge < -0.3 is 10.4 Å². The monoisotopic (exact) mass is 281 g/mol. The normalized spacial score (nSPS) is 12.8.